The normalized spacial score (nSPS) is 13.5. The van der Waals surface area contributed by atoms with Crippen LogP contribution in [0.3, 0.4) is 0 Å². The van der Waals surface area contributed by atoms with Crippen molar-refractivity contribution in [3.05, 3.63) is 70.1 Å². The maximum atomic E-state index is 12.9. The first kappa shape index (κ1) is 20.0. The van der Waals surface area contributed by atoms with Crippen LogP contribution in [-0.4, -0.2) is 27.0 Å². The second kappa shape index (κ2) is 8.05. The number of hydrogen-bond donors (Lipinski definition) is 1. The lowest BCUT2D eigenvalue weighted by atomic mass is 10.1. The number of aromatic amines is 1. The molecule has 0 fully saturated rings. The summed E-state index contributed by atoms with van der Waals surface area (Å²) in [5.41, 5.74) is 2.47. The molecule has 8 nitrogen and oxygen atoms in total. The molecule has 164 valence electrons. The van der Waals surface area contributed by atoms with Gasteiger partial charge in [0.05, 0.1) is 10.6 Å². The Balaban J connectivity index is 1.26. The maximum absolute atomic E-state index is 12.9. The molecule has 3 aromatic heterocycles. The number of nitrogens with zero attached hydrogens (tertiary/aromatic N) is 3. The molecule has 2 aromatic carbocycles. The Morgan fingerprint density at radius 3 is 2.79 bits per heavy atom. The van der Waals surface area contributed by atoms with Gasteiger partial charge in [-0.25, -0.2) is 4.98 Å². The van der Waals surface area contributed by atoms with Crippen LogP contribution in [0, 0.1) is 0 Å². The topological polar surface area (TPSA) is 103 Å². The molecule has 0 aliphatic carbocycles. The zero-order chi connectivity index (χ0) is 22.4. The molecule has 1 aliphatic rings. The van der Waals surface area contributed by atoms with E-state index in [1.54, 1.807) is 0 Å². The fourth-order valence-corrected chi connectivity index (χ4v) is 5.29. The van der Waals surface area contributed by atoms with Crippen molar-refractivity contribution in [3.63, 3.8) is 0 Å². The molecule has 0 spiro atoms. The van der Waals surface area contributed by atoms with Crippen molar-refractivity contribution < 1.29 is 13.9 Å². The average Bonchev–Trinajstić information content (AvgIpc) is 3.58. The van der Waals surface area contributed by atoms with Crippen molar-refractivity contribution >= 4 is 33.3 Å². The van der Waals surface area contributed by atoms with Gasteiger partial charge in [0.25, 0.3) is 10.8 Å². The third-order valence-corrected chi connectivity index (χ3v) is 7.05. The molecule has 5 aromatic rings. The van der Waals surface area contributed by atoms with Gasteiger partial charge in [0.1, 0.15) is 10.7 Å². The van der Waals surface area contributed by atoms with Crippen molar-refractivity contribution in [2.75, 3.05) is 6.79 Å². The summed E-state index contributed by atoms with van der Waals surface area (Å²) in [5.74, 6) is 2.28. The SMILES string of the molecule is C[C@H](Sc1nnc(-c2ccc3c(c2)OCO3)o1)c1nc2scc(-c3ccccc3)c2c(=O)[nH]1. The van der Waals surface area contributed by atoms with E-state index in [4.69, 9.17) is 18.9 Å². The summed E-state index contributed by atoms with van der Waals surface area (Å²) in [5, 5.41) is 11.0. The van der Waals surface area contributed by atoms with Gasteiger partial charge in [-0.2, -0.15) is 0 Å². The van der Waals surface area contributed by atoms with Crippen LogP contribution in [0.1, 0.15) is 18.0 Å². The Morgan fingerprint density at radius 1 is 1.06 bits per heavy atom. The molecule has 1 aliphatic heterocycles. The Morgan fingerprint density at radius 2 is 1.91 bits per heavy atom. The van der Waals surface area contributed by atoms with Gasteiger partial charge in [0.15, 0.2) is 11.5 Å². The second-order valence-corrected chi connectivity index (χ2v) is 9.50. The molecular formula is C23H16N4O4S2. The third-order valence-electron chi connectivity index (χ3n) is 5.24. The summed E-state index contributed by atoms with van der Waals surface area (Å²) >= 11 is 2.79. The molecule has 0 amide bonds. The highest BCUT2D eigenvalue weighted by atomic mass is 32.2. The molecule has 0 bridgehead atoms. The Bertz CT molecular complexity index is 1530. The molecule has 0 saturated carbocycles. The standard InChI is InChI=1S/C23H16N4O4S2/c1-12(33-23-27-26-21(31-23)14-7-8-16-17(9-14)30-11-29-16)19-24-20(28)18-15(10-32-22(18)25-19)13-5-3-2-4-6-13/h2-10,12H,11H2,1H3,(H,24,25,28)/t12-/m0/s1. The molecule has 0 saturated heterocycles. The van der Waals surface area contributed by atoms with Crippen LogP contribution in [0.15, 0.2) is 68.3 Å². The predicted molar refractivity (Wildman–Crippen MR) is 126 cm³/mol. The van der Waals surface area contributed by atoms with Gasteiger partial charge < -0.3 is 18.9 Å². The van der Waals surface area contributed by atoms with Crippen molar-refractivity contribution in [2.45, 2.75) is 17.4 Å². The molecule has 1 N–H and O–H groups in total. The number of H-pyrrole nitrogens is 1. The number of rotatable bonds is 5. The van der Waals surface area contributed by atoms with Crippen LogP contribution in [-0.2, 0) is 0 Å². The van der Waals surface area contributed by atoms with Crippen LogP contribution >= 0.6 is 23.1 Å². The van der Waals surface area contributed by atoms with Gasteiger partial charge in [-0.15, -0.1) is 21.5 Å². The summed E-state index contributed by atoms with van der Waals surface area (Å²) in [6.07, 6.45) is 0. The first-order valence-corrected chi connectivity index (χ1v) is 11.9. The maximum Gasteiger partial charge on any atom is 0.277 e. The number of thioether (sulfide) groups is 1. The number of hydrogen-bond acceptors (Lipinski definition) is 9. The summed E-state index contributed by atoms with van der Waals surface area (Å²) in [4.78, 5) is 21.3. The van der Waals surface area contributed by atoms with Gasteiger partial charge in [-0.05, 0) is 30.7 Å². The van der Waals surface area contributed by atoms with Crippen molar-refractivity contribution in [1.29, 1.82) is 0 Å². The quantitative estimate of drug-likeness (QED) is 0.342. The molecule has 0 unspecified atom stereocenters. The molecule has 10 heteroatoms. The lowest BCUT2D eigenvalue weighted by Crippen LogP contribution is -2.12. The number of fused-ring (bicyclic) bond motifs is 2. The fourth-order valence-electron chi connectivity index (χ4n) is 3.60. The van der Waals surface area contributed by atoms with E-state index in [0.29, 0.717) is 38.7 Å². The van der Waals surface area contributed by atoms with E-state index in [9.17, 15) is 4.79 Å². The van der Waals surface area contributed by atoms with E-state index >= 15 is 0 Å². The minimum atomic E-state index is -0.200. The number of nitrogens with one attached hydrogen (secondary N) is 1. The van der Waals surface area contributed by atoms with Crippen LogP contribution in [0.5, 0.6) is 11.5 Å². The monoisotopic (exact) mass is 476 g/mol. The number of thiophene rings is 1. The minimum Gasteiger partial charge on any atom is -0.454 e. The molecular weight excluding hydrogens is 460 g/mol. The van der Waals surface area contributed by atoms with Crippen LogP contribution in [0.4, 0.5) is 0 Å². The van der Waals surface area contributed by atoms with Crippen molar-refractivity contribution in [1.82, 2.24) is 20.2 Å². The lowest BCUT2D eigenvalue weighted by molar-refractivity contribution is 0.174. The smallest absolute Gasteiger partial charge is 0.277 e. The van der Waals surface area contributed by atoms with Crippen LogP contribution in [0.25, 0.3) is 32.8 Å². The van der Waals surface area contributed by atoms with E-state index in [1.165, 1.54) is 23.1 Å². The van der Waals surface area contributed by atoms with Crippen molar-refractivity contribution in [3.8, 4) is 34.1 Å². The molecule has 0 radical (unpaired) electrons. The van der Waals surface area contributed by atoms with E-state index in [-0.39, 0.29) is 17.6 Å². The fraction of sp³-hybridized carbons (Fsp3) is 0.130. The third kappa shape index (κ3) is 3.66. The second-order valence-electron chi connectivity index (χ2n) is 7.35. The predicted octanol–water partition coefficient (Wildman–Crippen LogP) is 5.28. The van der Waals surface area contributed by atoms with Gasteiger partial charge in [-0.3, -0.25) is 4.79 Å². The summed E-state index contributed by atoms with van der Waals surface area (Å²) in [7, 11) is 0. The summed E-state index contributed by atoms with van der Waals surface area (Å²) in [6, 6.07) is 15.3. The molecule has 6 rings (SSSR count). The Kier molecular flexibility index (Phi) is 4.88. The largest absolute Gasteiger partial charge is 0.454 e. The summed E-state index contributed by atoms with van der Waals surface area (Å²) < 4.78 is 16.6. The zero-order valence-electron chi connectivity index (χ0n) is 17.3. The van der Waals surface area contributed by atoms with Crippen LogP contribution < -0.4 is 15.0 Å². The highest BCUT2D eigenvalue weighted by Gasteiger charge is 2.20. The minimum absolute atomic E-state index is 0.158. The Hall–Kier alpha value is -3.63. The lowest BCUT2D eigenvalue weighted by Gasteiger charge is -2.08. The van der Waals surface area contributed by atoms with Crippen LogP contribution in [0.2, 0.25) is 0 Å². The Labute approximate surface area is 195 Å². The average molecular weight is 477 g/mol. The number of ether oxygens (including phenoxy) is 2. The van der Waals surface area contributed by atoms with Crippen molar-refractivity contribution in [2.24, 2.45) is 0 Å². The first-order chi connectivity index (χ1) is 16.2. The first-order valence-electron chi connectivity index (χ1n) is 10.1. The number of benzene rings is 2. The number of aromatic nitrogens is 4. The van der Waals surface area contributed by atoms with E-state index in [2.05, 4.69) is 15.2 Å². The highest BCUT2D eigenvalue weighted by molar-refractivity contribution is 7.99. The molecule has 33 heavy (non-hydrogen) atoms. The van der Waals surface area contributed by atoms with E-state index < -0.39 is 0 Å². The zero-order valence-corrected chi connectivity index (χ0v) is 18.9. The molecule has 4 heterocycles. The van der Waals surface area contributed by atoms with E-state index in [1.807, 2.05) is 60.8 Å². The summed E-state index contributed by atoms with van der Waals surface area (Å²) in [6.45, 7) is 2.14. The van der Waals surface area contributed by atoms with Gasteiger partial charge >= 0.3 is 0 Å². The van der Waals surface area contributed by atoms with Gasteiger partial charge in [-0.1, -0.05) is 42.1 Å². The molecule has 1 atom stereocenters. The van der Waals surface area contributed by atoms with Gasteiger partial charge in [0, 0.05) is 16.5 Å². The van der Waals surface area contributed by atoms with Gasteiger partial charge in [0.2, 0.25) is 12.7 Å². The highest BCUT2D eigenvalue weighted by Crippen LogP contribution is 2.38. The van der Waals surface area contributed by atoms with E-state index in [0.717, 1.165) is 16.7 Å².